The van der Waals surface area contributed by atoms with Gasteiger partial charge in [-0.2, -0.15) is 11.1 Å². The summed E-state index contributed by atoms with van der Waals surface area (Å²) >= 11 is 0. The van der Waals surface area contributed by atoms with Gasteiger partial charge < -0.3 is 37.2 Å². The van der Waals surface area contributed by atoms with E-state index in [1.807, 2.05) is 0 Å². The van der Waals surface area contributed by atoms with Crippen molar-refractivity contribution in [3.63, 3.8) is 0 Å². The predicted molar refractivity (Wildman–Crippen MR) is 133 cm³/mol. The quantitative estimate of drug-likeness (QED) is 0.181. The molecule has 0 aliphatic heterocycles. The normalized spacial score (nSPS) is 9.94. The van der Waals surface area contributed by atoms with E-state index in [0.717, 1.165) is 6.04 Å². The molecule has 4 aromatic carbocycles. The topological polar surface area (TPSA) is 0 Å². The van der Waals surface area contributed by atoms with Crippen molar-refractivity contribution >= 4 is 19.2 Å². The van der Waals surface area contributed by atoms with Crippen LogP contribution in [-0.2, 0) is 27.8 Å². The molecule has 4 rings (SSSR count). The van der Waals surface area contributed by atoms with Crippen molar-refractivity contribution in [2.45, 2.75) is 40.7 Å². The summed E-state index contributed by atoms with van der Waals surface area (Å²) in [5, 5.41) is 3.00. The van der Waals surface area contributed by atoms with E-state index in [9.17, 15) is 0 Å². The minimum Gasteiger partial charge on any atom is -1.00 e. The summed E-state index contributed by atoms with van der Waals surface area (Å²) in [5.74, 6) is 0. The van der Waals surface area contributed by atoms with Gasteiger partial charge in [0, 0.05) is 0 Å². The van der Waals surface area contributed by atoms with Gasteiger partial charge in [-0.15, -0.1) is 16.7 Å². The van der Waals surface area contributed by atoms with E-state index < -0.39 is 8.80 Å². The van der Waals surface area contributed by atoms with Crippen LogP contribution in [0.1, 0.15) is 33.4 Å². The van der Waals surface area contributed by atoms with Crippen LogP contribution in [0.25, 0.3) is 11.1 Å². The first kappa shape index (κ1) is 32.8. The SMILES string of the molecule is Cc1cccc([Si](C[c-]2c(C)c(C)c(C)c2-c2ccccc2)c2cccc(C)c2)c1.[Cl-].[Cl-].[Cl-].[Ti+4]. The molecule has 0 fully saturated rings. The van der Waals surface area contributed by atoms with Crippen molar-refractivity contribution in [2.24, 2.45) is 0 Å². The Morgan fingerprint density at radius 3 is 1.59 bits per heavy atom. The summed E-state index contributed by atoms with van der Waals surface area (Å²) in [6.07, 6.45) is 0. The first-order valence-electron chi connectivity index (χ1n) is 10.8. The van der Waals surface area contributed by atoms with Gasteiger partial charge in [0.15, 0.2) is 0 Å². The average Bonchev–Trinajstić information content (AvgIpc) is 2.96. The summed E-state index contributed by atoms with van der Waals surface area (Å²) in [7, 11) is -0.951. The molecule has 0 bridgehead atoms. The molecule has 0 atom stereocenters. The molecule has 34 heavy (non-hydrogen) atoms. The van der Waals surface area contributed by atoms with E-state index in [1.54, 1.807) is 0 Å². The second-order valence-electron chi connectivity index (χ2n) is 8.49. The van der Waals surface area contributed by atoms with E-state index in [4.69, 9.17) is 0 Å². The molecule has 0 saturated heterocycles. The molecule has 0 aliphatic carbocycles. The number of hydrogen-bond acceptors (Lipinski definition) is 0. The van der Waals surface area contributed by atoms with E-state index >= 15 is 0 Å². The fraction of sp³-hybridized carbons (Fsp3) is 0.207. The number of rotatable bonds is 5. The first-order chi connectivity index (χ1) is 14.5. The molecule has 0 spiro atoms. The monoisotopic (exact) mass is 559 g/mol. The molecule has 0 N–H and O–H groups in total. The summed E-state index contributed by atoms with van der Waals surface area (Å²) in [6, 6.07) is 30.4. The maximum atomic E-state index is 2.40. The van der Waals surface area contributed by atoms with Gasteiger partial charge in [0.1, 0.15) is 8.80 Å². The molecule has 0 aliphatic rings. The zero-order valence-corrected chi connectivity index (χ0v) is 25.2. The smallest absolute Gasteiger partial charge is 1.00 e. The summed E-state index contributed by atoms with van der Waals surface area (Å²) in [5.41, 5.74) is 11.4. The van der Waals surface area contributed by atoms with Crippen molar-refractivity contribution in [3.05, 3.63) is 112 Å². The van der Waals surface area contributed by atoms with Gasteiger partial charge in [0.25, 0.3) is 0 Å². The van der Waals surface area contributed by atoms with Gasteiger partial charge in [0.2, 0.25) is 0 Å². The Bertz CT molecular complexity index is 1140. The second kappa shape index (κ2) is 14.4. The standard InChI is InChI=1S/C29H30Si.3ClH.Ti/c1-20-11-9-15-26(17-20)30(27-16-10-12-21(2)18-27)19-28-23(4)22(3)24(5)29(28)25-13-7-6-8-14-25;;;;/h6-18H,19H2,1-5H3;3*1H;/q-1;;;;+4/p-3. The summed E-state index contributed by atoms with van der Waals surface area (Å²) < 4.78 is 0. The molecule has 0 unspecified atom stereocenters. The Kier molecular flexibility index (Phi) is 13.9. The van der Waals surface area contributed by atoms with Crippen LogP contribution in [0.15, 0.2) is 78.9 Å². The Morgan fingerprint density at radius 1 is 0.618 bits per heavy atom. The van der Waals surface area contributed by atoms with Crippen LogP contribution < -0.4 is 47.6 Å². The third kappa shape index (κ3) is 6.94. The molecular formula is C29H30Cl3SiTi. The van der Waals surface area contributed by atoms with Crippen LogP contribution in [0.5, 0.6) is 0 Å². The van der Waals surface area contributed by atoms with Gasteiger partial charge >= 0.3 is 21.7 Å². The third-order valence-corrected chi connectivity index (χ3v) is 9.13. The molecule has 4 aromatic rings. The van der Waals surface area contributed by atoms with Gasteiger partial charge in [-0.25, -0.2) is 0 Å². The van der Waals surface area contributed by atoms with Crippen LogP contribution in [0.2, 0.25) is 0 Å². The molecular weight excluding hydrogens is 531 g/mol. The van der Waals surface area contributed by atoms with E-state index in [1.165, 1.54) is 54.9 Å². The van der Waals surface area contributed by atoms with Gasteiger partial charge in [0.05, 0.1) is 0 Å². The fourth-order valence-corrected chi connectivity index (χ4v) is 7.47. The first-order valence-corrected chi connectivity index (χ1v) is 12.5. The second-order valence-corrected chi connectivity index (χ2v) is 11.0. The van der Waals surface area contributed by atoms with E-state index in [-0.39, 0.29) is 58.9 Å². The summed E-state index contributed by atoms with van der Waals surface area (Å²) in [6.45, 7) is 11.3. The van der Waals surface area contributed by atoms with Crippen molar-refractivity contribution < 1.29 is 58.9 Å². The molecule has 0 nitrogen and oxygen atoms in total. The molecule has 1 radical (unpaired) electrons. The Labute approximate surface area is 240 Å². The van der Waals surface area contributed by atoms with Crippen LogP contribution >= 0.6 is 0 Å². The number of benzene rings is 3. The van der Waals surface area contributed by atoms with Crippen molar-refractivity contribution in [1.82, 2.24) is 0 Å². The van der Waals surface area contributed by atoms with E-state index in [2.05, 4.69) is 113 Å². The maximum absolute atomic E-state index is 2.40. The van der Waals surface area contributed by atoms with Crippen LogP contribution in [0.3, 0.4) is 0 Å². The van der Waals surface area contributed by atoms with Gasteiger partial charge in [-0.1, -0.05) is 133 Å². The molecule has 0 saturated carbocycles. The number of hydrogen-bond donors (Lipinski definition) is 0. The minimum atomic E-state index is -0.951. The molecule has 0 aromatic heterocycles. The number of halogens is 3. The summed E-state index contributed by atoms with van der Waals surface area (Å²) in [4.78, 5) is 0. The number of aryl methyl sites for hydroxylation is 2. The largest absolute Gasteiger partial charge is 4.00 e. The molecule has 0 heterocycles. The zero-order chi connectivity index (χ0) is 21.3. The van der Waals surface area contributed by atoms with Crippen molar-refractivity contribution in [3.8, 4) is 11.1 Å². The minimum absolute atomic E-state index is 0. The van der Waals surface area contributed by atoms with Crippen molar-refractivity contribution in [1.29, 1.82) is 0 Å². The molecule has 5 heteroatoms. The Balaban J connectivity index is 0.00000272. The van der Waals surface area contributed by atoms with Crippen LogP contribution in [-0.4, -0.2) is 8.80 Å². The predicted octanol–water partition coefficient (Wildman–Crippen LogP) is -2.98. The third-order valence-electron chi connectivity index (χ3n) is 6.40. The fourth-order valence-electron chi connectivity index (χ4n) is 4.54. The van der Waals surface area contributed by atoms with Crippen LogP contribution in [0, 0.1) is 34.6 Å². The maximum Gasteiger partial charge on any atom is 4.00 e. The Hall–Kier alpha value is -1.19. The van der Waals surface area contributed by atoms with Crippen molar-refractivity contribution in [2.75, 3.05) is 0 Å². The van der Waals surface area contributed by atoms with Crippen LogP contribution in [0.4, 0.5) is 0 Å². The zero-order valence-electron chi connectivity index (χ0n) is 20.3. The van der Waals surface area contributed by atoms with Gasteiger partial charge in [-0.05, 0) is 13.8 Å². The molecule has 175 valence electrons. The van der Waals surface area contributed by atoms with Gasteiger partial charge in [-0.3, -0.25) is 0 Å². The molecule has 0 amide bonds. The van der Waals surface area contributed by atoms with E-state index in [0.29, 0.717) is 0 Å². The average molecular weight is 561 g/mol. The Morgan fingerprint density at radius 2 is 1.12 bits per heavy atom.